The Labute approximate surface area is 130 Å². The van der Waals surface area contributed by atoms with Crippen molar-refractivity contribution in [3.63, 3.8) is 0 Å². The summed E-state index contributed by atoms with van der Waals surface area (Å²) in [4.78, 5) is 11.1. The van der Waals surface area contributed by atoms with Gasteiger partial charge in [-0.1, -0.05) is 0 Å². The Morgan fingerprint density at radius 3 is 2.73 bits per heavy atom. The van der Waals surface area contributed by atoms with E-state index < -0.39 is 4.92 Å². The molecule has 0 unspecified atom stereocenters. The normalized spacial score (nSPS) is 9.55. The summed E-state index contributed by atoms with van der Waals surface area (Å²) < 4.78 is 5.23. The van der Waals surface area contributed by atoms with Crippen LogP contribution in [-0.4, -0.2) is 4.92 Å². The summed E-state index contributed by atoms with van der Waals surface area (Å²) in [7, 11) is 0. The van der Waals surface area contributed by atoms with Gasteiger partial charge in [-0.2, -0.15) is 10.5 Å². The predicted molar refractivity (Wildman–Crippen MR) is 80.6 cm³/mol. The second-order valence-corrected chi connectivity index (χ2v) is 5.15. The fraction of sp³-hybridized carbons (Fsp3) is 0.0667. The zero-order valence-electron chi connectivity index (χ0n) is 11.2. The maximum absolute atomic E-state index is 10.9. The van der Waals surface area contributed by atoms with Gasteiger partial charge in [0, 0.05) is 17.0 Å². The van der Waals surface area contributed by atoms with Crippen molar-refractivity contribution in [2.24, 2.45) is 0 Å². The maximum Gasteiger partial charge on any atom is 0.270 e. The lowest BCUT2D eigenvalue weighted by atomic mass is 10.1. The van der Waals surface area contributed by atoms with Crippen LogP contribution in [0.15, 0.2) is 51.5 Å². The third-order valence-electron chi connectivity index (χ3n) is 2.69. The van der Waals surface area contributed by atoms with E-state index in [4.69, 9.17) is 14.9 Å². The van der Waals surface area contributed by atoms with Crippen LogP contribution < -0.4 is 0 Å². The Bertz CT molecular complexity index is 782. The summed E-state index contributed by atoms with van der Waals surface area (Å²) in [5.74, 6) is 1.30. The van der Waals surface area contributed by atoms with Gasteiger partial charge in [0.25, 0.3) is 5.69 Å². The van der Waals surface area contributed by atoms with Crippen LogP contribution in [0.2, 0.25) is 0 Å². The van der Waals surface area contributed by atoms with Gasteiger partial charge in [0.15, 0.2) is 0 Å². The molecule has 1 aromatic carbocycles. The number of nitrogens with zero attached hydrogens (tertiary/aromatic N) is 3. The highest BCUT2D eigenvalue weighted by molar-refractivity contribution is 7.98. The van der Waals surface area contributed by atoms with E-state index in [1.165, 1.54) is 30.0 Å². The van der Waals surface area contributed by atoms with E-state index in [0.29, 0.717) is 11.3 Å². The molecule has 0 fully saturated rings. The summed E-state index contributed by atoms with van der Waals surface area (Å²) in [5.41, 5.74) is 0.257. The molecule has 0 radical (unpaired) electrons. The molecule has 0 aliphatic carbocycles. The minimum atomic E-state index is -0.517. The summed E-state index contributed by atoms with van der Waals surface area (Å²) >= 11 is 1.41. The Hall–Kier alpha value is -3.03. The molecule has 2 aromatic rings. The molecule has 0 spiro atoms. The molecule has 108 valence electrons. The van der Waals surface area contributed by atoms with Crippen molar-refractivity contribution in [2.45, 2.75) is 10.6 Å². The van der Waals surface area contributed by atoms with Gasteiger partial charge in [-0.15, -0.1) is 11.8 Å². The average Bonchev–Trinajstić information content (AvgIpc) is 3.04. The van der Waals surface area contributed by atoms with E-state index in [-0.39, 0.29) is 11.3 Å². The van der Waals surface area contributed by atoms with E-state index in [1.54, 1.807) is 30.5 Å². The summed E-state index contributed by atoms with van der Waals surface area (Å²) in [6.45, 7) is 0. The molecular formula is C15H9N3O3S. The minimum absolute atomic E-state index is 0.0937. The number of nitro benzene ring substituents is 1. The van der Waals surface area contributed by atoms with E-state index in [2.05, 4.69) is 0 Å². The number of furan rings is 1. The fourth-order valence-corrected chi connectivity index (χ4v) is 2.59. The minimum Gasteiger partial charge on any atom is -0.468 e. The first-order valence-corrected chi connectivity index (χ1v) is 7.08. The largest absolute Gasteiger partial charge is 0.468 e. The highest BCUT2D eigenvalue weighted by atomic mass is 32.2. The van der Waals surface area contributed by atoms with Gasteiger partial charge in [0.05, 0.1) is 16.9 Å². The molecule has 0 N–H and O–H groups in total. The van der Waals surface area contributed by atoms with E-state index in [0.717, 1.165) is 10.7 Å². The van der Waals surface area contributed by atoms with Gasteiger partial charge in [-0.3, -0.25) is 10.1 Å². The predicted octanol–water partition coefficient (Wildman–Crippen LogP) is 3.91. The maximum atomic E-state index is 10.9. The number of thioether (sulfide) groups is 1. The van der Waals surface area contributed by atoms with Crippen molar-refractivity contribution in [2.75, 3.05) is 0 Å². The molecule has 0 aliphatic rings. The lowest BCUT2D eigenvalue weighted by Crippen LogP contribution is -1.90. The number of non-ortho nitro benzene ring substituents is 1. The first-order valence-electron chi connectivity index (χ1n) is 6.09. The van der Waals surface area contributed by atoms with E-state index in [9.17, 15) is 10.1 Å². The van der Waals surface area contributed by atoms with Crippen LogP contribution in [0.3, 0.4) is 0 Å². The summed E-state index contributed by atoms with van der Waals surface area (Å²) in [6, 6.07) is 11.4. The molecule has 6 nitrogen and oxygen atoms in total. The Morgan fingerprint density at radius 2 is 2.14 bits per heavy atom. The number of nitro groups is 1. The smallest absolute Gasteiger partial charge is 0.270 e. The second kappa shape index (κ2) is 7.11. The van der Waals surface area contributed by atoms with Crippen molar-refractivity contribution in [3.05, 3.63) is 63.6 Å². The monoisotopic (exact) mass is 311 g/mol. The molecule has 22 heavy (non-hydrogen) atoms. The van der Waals surface area contributed by atoms with Gasteiger partial charge in [0.1, 0.15) is 23.5 Å². The topological polar surface area (TPSA) is 104 Å². The number of nitriles is 2. The molecule has 1 aromatic heterocycles. The Kier molecular flexibility index (Phi) is 4.97. The average molecular weight is 311 g/mol. The molecule has 0 amide bonds. The molecule has 0 saturated heterocycles. The van der Waals surface area contributed by atoms with Crippen molar-refractivity contribution < 1.29 is 9.34 Å². The lowest BCUT2D eigenvalue weighted by molar-refractivity contribution is -0.384. The zero-order valence-corrected chi connectivity index (χ0v) is 12.0. The van der Waals surface area contributed by atoms with Crippen LogP contribution in [0.4, 0.5) is 5.69 Å². The zero-order chi connectivity index (χ0) is 15.9. The molecule has 0 saturated carbocycles. The molecule has 1 heterocycles. The number of benzene rings is 1. The van der Waals surface area contributed by atoms with Crippen molar-refractivity contribution in [3.8, 4) is 12.1 Å². The molecule has 7 heteroatoms. The fourth-order valence-electron chi connectivity index (χ4n) is 1.68. The standard InChI is InChI=1S/C15H9N3O3S/c16-8-11(9-17)6-12-7-13(18(19)20)3-4-15(12)22-10-14-2-1-5-21-14/h1-7H,10H2. The Morgan fingerprint density at radius 1 is 1.36 bits per heavy atom. The highest BCUT2D eigenvalue weighted by Crippen LogP contribution is 2.30. The molecule has 0 aliphatic heterocycles. The van der Waals surface area contributed by atoms with E-state index in [1.807, 2.05) is 6.07 Å². The van der Waals surface area contributed by atoms with Crippen molar-refractivity contribution >= 4 is 23.5 Å². The van der Waals surface area contributed by atoms with Gasteiger partial charge in [-0.05, 0) is 29.8 Å². The summed E-state index contributed by atoms with van der Waals surface area (Å²) in [6.07, 6.45) is 2.91. The third kappa shape index (κ3) is 3.75. The second-order valence-electron chi connectivity index (χ2n) is 4.13. The van der Waals surface area contributed by atoms with Crippen LogP contribution >= 0.6 is 11.8 Å². The van der Waals surface area contributed by atoms with Crippen LogP contribution in [-0.2, 0) is 5.75 Å². The third-order valence-corrected chi connectivity index (χ3v) is 3.81. The first kappa shape index (κ1) is 15.4. The molecule has 0 bridgehead atoms. The van der Waals surface area contributed by atoms with Crippen LogP contribution in [0.25, 0.3) is 6.08 Å². The number of rotatable bonds is 5. The number of hydrogen-bond acceptors (Lipinski definition) is 6. The van der Waals surface area contributed by atoms with Crippen molar-refractivity contribution in [1.82, 2.24) is 0 Å². The van der Waals surface area contributed by atoms with Crippen LogP contribution in [0.1, 0.15) is 11.3 Å². The van der Waals surface area contributed by atoms with Crippen molar-refractivity contribution in [1.29, 1.82) is 10.5 Å². The highest BCUT2D eigenvalue weighted by Gasteiger charge is 2.11. The van der Waals surface area contributed by atoms with Gasteiger partial charge < -0.3 is 4.42 Å². The number of allylic oxidation sites excluding steroid dienone is 1. The Balaban J connectivity index is 2.35. The SMILES string of the molecule is N#CC(C#N)=Cc1cc([N+](=O)[O-])ccc1SCc1ccco1. The molecule has 2 rings (SSSR count). The van der Waals surface area contributed by atoms with Gasteiger partial charge >= 0.3 is 0 Å². The van der Waals surface area contributed by atoms with Crippen LogP contribution in [0, 0.1) is 32.8 Å². The van der Waals surface area contributed by atoms with Gasteiger partial charge in [0.2, 0.25) is 0 Å². The molecular weight excluding hydrogens is 302 g/mol. The molecule has 0 atom stereocenters. The van der Waals surface area contributed by atoms with E-state index >= 15 is 0 Å². The van der Waals surface area contributed by atoms with Crippen LogP contribution in [0.5, 0.6) is 0 Å². The lowest BCUT2D eigenvalue weighted by Gasteiger charge is -2.05. The van der Waals surface area contributed by atoms with Gasteiger partial charge in [-0.25, -0.2) is 0 Å². The first-order chi connectivity index (χ1) is 10.6. The number of hydrogen-bond donors (Lipinski definition) is 0. The summed E-state index contributed by atoms with van der Waals surface area (Å²) in [5, 5.41) is 28.5. The quantitative estimate of drug-likeness (QED) is 0.359.